The topological polar surface area (TPSA) is 21.3 Å². The lowest BCUT2D eigenvalue weighted by molar-refractivity contribution is 0.149. The fourth-order valence-corrected chi connectivity index (χ4v) is 3.50. The van der Waals surface area contributed by atoms with Gasteiger partial charge in [-0.25, -0.2) is 0 Å². The average Bonchev–Trinajstić information content (AvgIpc) is 2.36. The van der Waals surface area contributed by atoms with Crippen LogP contribution in [-0.4, -0.2) is 20.2 Å². The van der Waals surface area contributed by atoms with Crippen molar-refractivity contribution >= 4 is 11.6 Å². The highest BCUT2D eigenvalue weighted by Gasteiger charge is 2.44. The minimum Gasteiger partial charge on any atom is -0.496 e. The zero-order chi connectivity index (χ0) is 13.9. The molecule has 106 valence electrons. The summed E-state index contributed by atoms with van der Waals surface area (Å²) in [6, 6.07) is 5.97. The molecule has 0 aliphatic heterocycles. The molecule has 1 aliphatic carbocycles. The first-order chi connectivity index (χ1) is 9.11. The molecule has 19 heavy (non-hydrogen) atoms. The summed E-state index contributed by atoms with van der Waals surface area (Å²) in [5.41, 5.74) is 1.47. The Labute approximate surface area is 121 Å². The van der Waals surface area contributed by atoms with Crippen LogP contribution in [0.4, 0.5) is 0 Å². The maximum atomic E-state index is 6.18. The van der Waals surface area contributed by atoms with Crippen molar-refractivity contribution < 1.29 is 4.74 Å². The van der Waals surface area contributed by atoms with Crippen molar-refractivity contribution in [3.8, 4) is 5.75 Å². The molecule has 3 heteroatoms. The number of hydrogen-bond acceptors (Lipinski definition) is 2. The van der Waals surface area contributed by atoms with Gasteiger partial charge in [-0.1, -0.05) is 25.4 Å². The summed E-state index contributed by atoms with van der Waals surface area (Å²) in [4.78, 5) is 0. The standard InChI is InChI=1S/C16H24ClNO/c1-4-7-18-11-16(9-12(2)10-16)14-8-13(17)5-6-15(14)19-3/h5-6,8,12,18H,4,7,9-11H2,1-3H3. The first-order valence-corrected chi connectivity index (χ1v) is 7.54. The zero-order valence-corrected chi connectivity index (χ0v) is 12.9. The van der Waals surface area contributed by atoms with Crippen molar-refractivity contribution in [1.82, 2.24) is 5.32 Å². The van der Waals surface area contributed by atoms with Gasteiger partial charge in [-0.2, -0.15) is 0 Å². The fraction of sp³-hybridized carbons (Fsp3) is 0.625. The summed E-state index contributed by atoms with van der Waals surface area (Å²) in [5.74, 6) is 1.75. The summed E-state index contributed by atoms with van der Waals surface area (Å²) in [5, 5.41) is 4.37. The zero-order valence-electron chi connectivity index (χ0n) is 12.1. The predicted octanol–water partition coefficient (Wildman–Crippen LogP) is 4.02. The van der Waals surface area contributed by atoms with E-state index in [0.29, 0.717) is 0 Å². The van der Waals surface area contributed by atoms with E-state index in [1.165, 1.54) is 18.4 Å². The molecule has 1 saturated carbocycles. The second kappa shape index (κ2) is 6.15. The quantitative estimate of drug-likeness (QED) is 0.796. The van der Waals surface area contributed by atoms with Crippen molar-refractivity contribution in [2.45, 2.75) is 38.5 Å². The van der Waals surface area contributed by atoms with Crippen molar-refractivity contribution in [2.75, 3.05) is 20.2 Å². The molecule has 0 atom stereocenters. The molecule has 2 rings (SSSR count). The van der Waals surface area contributed by atoms with Gasteiger partial charge >= 0.3 is 0 Å². The molecule has 0 saturated heterocycles. The summed E-state index contributed by atoms with van der Waals surface area (Å²) >= 11 is 6.18. The van der Waals surface area contributed by atoms with E-state index in [-0.39, 0.29) is 5.41 Å². The van der Waals surface area contributed by atoms with Gasteiger partial charge in [0.2, 0.25) is 0 Å². The van der Waals surface area contributed by atoms with Crippen LogP contribution in [0.3, 0.4) is 0 Å². The molecule has 1 aliphatic rings. The molecule has 0 radical (unpaired) electrons. The van der Waals surface area contributed by atoms with Crippen LogP contribution in [0.25, 0.3) is 0 Å². The molecule has 0 unspecified atom stereocenters. The van der Waals surface area contributed by atoms with E-state index < -0.39 is 0 Å². The highest BCUT2D eigenvalue weighted by molar-refractivity contribution is 6.30. The van der Waals surface area contributed by atoms with Gasteiger partial charge in [0.15, 0.2) is 0 Å². The van der Waals surface area contributed by atoms with Crippen molar-refractivity contribution in [1.29, 1.82) is 0 Å². The molecule has 0 aromatic heterocycles. The van der Waals surface area contributed by atoms with Gasteiger partial charge in [0, 0.05) is 22.5 Å². The van der Waals surface area contributed by atoms with E-state index in [0.717, 1.165) is 36.2 Å². The summed E-state index contributed by atoms with van der Waals surface area (Å²) < 4.78 is 5.54. The smallest absolute Gasteiger partial charge is 0.122 e. The highest BCUT2D eigenvalue weighted by Crippen LogP contribution is 2.50. The maximum absolute atomic E-state index is 6.18. The largest absolute Gasteiger partial charge is 0.496 e. The molecule has 0 heterocycles. The minimum absolute atomic E-state index is 0.199. The van der Waals surface area contributed by atoms with Crippen LogP contribution in [0.2, 0.25) is 5.02 Å². The van der Waals surface area contributed by atoms with E-state index >= 15 is 0 Å². The SMILES string of the molecule is CCCNCC1(c2cc(Cl)ccc2OC)CC(C)C1. The summed E-state index contributed by atoms with van der Waals surface area (Å²) in [6.45, 7) is 6.60. The average molecular weight is 282 g/mol. The van der Waals surface area contributed by atoms with Crippen molar-refractivity contribution in [2.24, 2.45) is 5.92 Å². The molecule has 1 N–H and O–H groups in total. The fourth-order valence-electron chi connectivity index (χ4n) is 3.33. The lowest BCUT2D eigenvalue weighted by Crippen LogP contribution is -2.48. The Hall–Kier alpha value is -0.730. The first-order valence-electron chi connectivity index (χ1n) is 7.16. The van der Waals surface area contributed by atoms with E-state index in [1.54, 1.807) is 7.11 Å². The van der Waals surface area contributed by atoms with Crippen LogP contribution in [0.5, 0.6) is 5.75 Å². The Kier molecular flexibility index (Phi) is 4.75. The Bertz CT molecular complexity index is 427. The summed E-state index contributed by atoms with van der Waals surface area (Å²) in [7, 11) is 1.74. The second-order valence-corrected chi connectivity index (χ2v) is 6.25. The molecule has 1 fully saturated rings. The Morgan fingerprint density at radius 1 is 1.42 bits per heavy atom. The molecule has 1 aromatic carbocycles. The van der Waals surface area contributed by atoms with Gasteiger partial charge < -0.3 is 10.1 Å². The number of ether oxygens (including phenoxy) is 1. The maximum Gasteiger partial charge on any atom is 0.122 e. The summed E-state index contributed by atoms with van der Waals surface area (Å²) in [6.07, 6.45) is 3.58. The Morgan fingerprint density at radius 2 is 2.16 bits per heavy atom. The molecular formula is C16H24ClNO. The van der Waals surface area contributed by atoms with Crippen LogP contribution in [0, 0.1) is 5.92 Å². The molecular weight excluding hydrogens is 258 g/mol. The van der Waals surface area contributed by atoms with Crippen LogP contribution in [0.15, 0.2) is 18.2 Å². The van der Waals surface area contributed by atoms with Crippen molar-refractivity contribution in [3.05, 3.63) is 28.8 Å². The van der Waals surface area contributed by atoms with Gasteiger partial charge in [0.1, 0.15) is 5.75 Å². The van der Waals surface area contributed by atoms with Gasteiger partial charge in [-0.05, 0) is 49.9 Å². The third-order valence-electron chi connectivity index (χ3n) is 4.10. The number of benzene rings is 1. The number of methoxy groups -OCH3 is 1. The minimum atomic E-state index is 0.199. The Balaban J connectivity index is 2.25. The molecule has 2 nitrogen and oxygen atoms in total. The van der Waals surface area contributed by atoms with Gasteiger partial charge in [-0.3, -0.25) is 0 Å². The number of hydrogen-bond donors (Lipinski definition) is 1. The van der Waals surface area contributed by atoms with E-state index in [9.17, 15) is 0 Å². The Morgan fingerprint density at radius 3 is 2.74 bits per heavy atom. The monoisotopic (exact) mass is 281 g/mol. The van der Waals surface area contributed by atoms with Crippen LogP contribution >= 0.6 is 11.6 Å². The highest BCUT2D eigenvalue weighted by atomic mass is 35.5. The normalized spacial score (nSPS) is 26.0. The van der Waals surface area contributed by atoms with E-state index in [2.05, 4.69) is 25.2 Å². The second-order valence-electron chi connectivity index (χ2n) is 5.82. The van der Waals surface area contributed by atoms with Crippen molar-refractivity contribution in [3.63, 3.8) is 0 Å². The molecule has 1 aromatic rings. The molecule has 0 bridgehead atoms. The number of rotatable bonds is 6. The molecule has 0 amide bonds. The van der Waals surface area contributed by atoms with E-state index in [4.69, 9.17) is 16.3 Å². The third-order valence-corrected chi connectivity index (χ3v) is 4.34. The predicted molar refractivity (Wildman–Crippen MR) is 81.2 cm³/mol. The lowest BCUT2D eigenvalue weighted by atomic mass is 9.59. The van der Waals surface area contributed by atoms with Gasteiger partial charge in [0.25, 0.3) is 0 Å². The van der Waals surface area contributed by atoms with Crippen LogP contribution < -0.4 is 10.1 Å². The van der Waals surface area contributed by atoms with Gasteiger partial charge in [0.05, 0.1) is 7.11 Å². The number of halogens is 1. The molecule has 0 spiro atoms. The first kappa shape index (κ1) is 14.7. The third kappa shape index (κ3) is 3.06. The van der Waals surface area contributed by atoms with Crippen LogP contribution in [-0.2, 0) is 5.41 Å². The lowest BCUT2D eigenvalue weighted by Gasteiger charge is -2.48. The van der Waals surface area contributed by atoms with Gasteiger partial charge in [-0.15, -0.1) is 0 Å². The van der Waals surface area contributed by atoms with Crippen LogP contribution in [0.1, 0.15) is 38.7 Å². The number of nitrogens with one attached hydrogen (secondary N) is 1. The van der Waals surface area contributed by atoms with E-state index in [1.807, 2.05) is 12.1 Å².